The van der Waals surface area contributed by atoms with Gasteiger partial charge in [-0.3, -0.25) is 4.79 Å². The number of carbonyl (C=O) groups is 1. The molecule has 1 aromatic heterocycles. The standard InChI is InChI=1S/C18H14ClF2N3O/c1-11-9-22-24(10-13-8-15(20)5-6-16(13)21)17(11)23-18(25)12-3-2-4-14(19)7-12/h2-9H,10H2,1H3,(H,23,25). The summed E-state index contributed by atoms with van der Waals surface area (Å²) in [5.74, 6) is -1.04. The van der Waals surface area contributed by atoms with Gasteiger partial charge in [-0.25, -0.2) is 13.5 Å². The summed E-state index contributed by atoms with van der Waals surface area (Å²) < 4.78 is 28.6. The van der Waals surface area contributed by atoms with Crippen LogP contribution in [0.25, 0.3) is 0 Å². The summed E-state index contributed by atoms with van der Waals surface area (Å²) in [4.78, 5) is 12.4. The Morgan fingerprint density at radius 3 is 2.80 bits per heavy atom. The van der Waals surface area contributed by atoms with Crippen LogP contribution in [0.5, 0.6) is 0 Å². The molecule has 2 aromatic carbocycles. The number of hydrogen-bond donors (Lipinski definition) is 1. The van der Waals surface area contributed by atoms with E-state index in [1.165, 1.54) is 4.68 Å². The Morgan fingerprint density at radius 2 is 2.04 bits per heavy atom. The van der Waals surface area contributed by atoms with E-state index < -0.39 is 11.6 Å². The zero-order chi connectivity index (χ0) is 18.0. The molecule has 0 spiro atoms. The van der Waals surface area contributed by atoms with Crippen LogP contribution in [0.3, 0.4) is 0 Å². The van der Waals surface area contributed by atoms with Crippen molar-refractivity contribution in [3.63, 3.8) is 0 Å². The lowest BCUT2D eigenvalue weighted by molar-refractivity contribution is 0.102. The minimum atomic E-state index is -0.540. The first-order valence-electron chi connectivity index (χ1n) is 7.47. The highest BCUT2D eigenvalue weighted by Crippen LogP contribution is 2.19. The minimum absolute atomic E-state index is 0.0113. The Balaban J connectivity index is 1.87. The van der Waals surface area contributed by atoms with Crippen molar-refractivity contribution in [2.75, 3.05) is 5.32 Å². The van der Waals surface area contributed by atoms with Crippen molar-refractivity contribution in [2.45, 2.75) is 13.5 Å². The summed E-state index contributed by atoms with van der Waals surface area (Å²) in [6.07, 6.45) is 1.55. The van der Waals surface area contributed by atoms with E-state index in [9.17, 15) is 13.6 Å². The fourth-order valence-corrected chi connectivity index (χ4v) is 2.59. The molecular formula is C18H14ClF2N3O. The third kappa shape index (κ3) is 3.85. The molecule has 0 aliphatic carbocycles. The number of aryl methyl sites for hydroxylation is 1. The van der Waals surface area contributed by atoms with Gasteiger partial charge < -0.3 is 5.32 Å². The van der Waals surface area contributed by atoms with Gasteiger partial charge in [0.05, 0.1) is 12.7 Å². The maximum absolute atomic E-state index is 13.9. The molecule has 1 heterocycles. The molecule has 25 heavy (non-hydrogen) atoms. The van der Waals surface area contributed by atoms with Crippen LogP contribution < -0.4 is 5.32 Å². The van der Waals surface area contributed by atoms with E-state index in [1.807, 2.05) is 0 Å². The number of anilines is 1. The van der Waals surface area contributed by atoms with Crippen LogP contribution in [0.15, 0.2) is 48.7 Å². The van der Waals surface area contributed by atoms with Gasteiger partial charge in [-0.05, 0) is 43.3 Å². The summed E-state index contributed by atoms with van der Waals surface area (Å²) in [6.45, 7) is 1.75. The van der Waals surface area contributed by atoms with Crippen molar-refractivity contribution in [1.29, 1.82) is 0 Å². The van der Waals surface area contributed by atoms with Crippen molar-refractivity contribution in [2.24, 2.45) is 0 Å². The molecule has 0 saturated carbocycles. The molecule has 0 aliphatic heterocycles. The molecule has 0 aliphatic rings. The highest BCUT2D eigenvalue weighted by atomic mass is 35.5. The first kappa shape index (κ1) is 17.1. The van der Waals surface area contributed by atoms with E-state index in [4.69, 9.17) is 11.6 Å². The molecule has 7 heteroatoms. The number of aromatic nitrogens is 2. The normalized spacial score (nSPS) is 10.7. The van der Waals surface area contributed by atoms with Crippen LogP contribution in [0.1, 0.15) is 21.5 Å². The second-order valence-electron chi connectivity index (χ2n) is 5.53. The van der Waals surface area contributed by atoms with Gasteiger partial charge >= 0.3 is 0 Å². The molecule has 4 nitrogen and oxygen atoms in total. The Hall–Kier alpha value is -2.73. The lowest BCUT2D eigenvalue weighted by Gasteiger charge is -2.11. The van der Waals surface area contributed by atoms with Gasteiger partial charge in [0, 0.05) is 21.7 Å². The summed E-state index contributed by atoms with van der Waals surface area (Å²) in [5, 5.41) is 7.32. The number of carbonyl (C=O) groups excluding carboxylic acids is 1. The Kier molecular flexibility index (Phi) is 4.81. The minimum Gasteiger partial charge on any atom is -0.307 e. The van der Waals surface area contributed by atoms with Gasteiger partial charge in [-0.15, -0.1) is 0 Å². The molecule has 0 atom stereocenters. The highest BCUT2D eigenvalue weighted by Gasteiger charge is 2.15. The van der Waals surface area contributed by atoms with Crippen molar-refractivity contribution < 1.29 is 13.6 Å². The largest absolute Gasteiger partial charge is 0.307 e. The fourth-order valence-electron chi connectivity index (χ4n) is 2.40. The molecule has 0 radical (unpaired) electrons. The summed E-state index contributed by atoms with van der Waals surface area (Å²) in [6, 6.07) is 9.72. The molecular weight excluding hydrogens is 348 g/mol. The number of amides is 1. The Bertz CT molecular complexity index is 940. The SMILES string of the molecule is Cc1cnn(Cc2cc(F)ccc2F)c1NC(=O)c1cccc(Cl)c1. The molecule has 0 saturated heterocycles. The van der Waals surface area contributed by atoms with E-state index in [2.05, 4.69) is 10.4 Å². The Morgan fingerprint density at radius 1 is 1.24 bits per heavy atom. The predicted octanol–water partition coefficient (Wildman–Crippen LogP) is 4.42. The zero-order valence-corrected chi connectivity index (χ0v) is 14.0. The van der Waals surface area contributed by atoms with E-state index in [0.717, 1.165) is 18.2 Å². The van der Waals surface area contributed by atoms with Crippen LogP contribution >= 0.6 is 11.6 Å². The van der Waals surface area contributed by atoms with Crippen LogP contribution in [0.2, 0.25) is 5.02 Å². The first-order valence-corrected chi connectivity index (χ1v) is 7.85. The van der Waals surface area contributed by atoms with Crippen LogP contribution in [0, 0.1) is 18.6 Å². The van der Waals surface area contributed by atoms with Crippen molar-refractivity contribution in [3.8, 4) is 0 Å². The average molecular weight is 362 g/mol. The molecule has 128 valence electrons. The Labute approximate surface area is 148 Å². The molecule has 3 rings (SSSR count). The number of hydrogen-bond acceptors (Lipinski definition) is 2. The van der Waals surface area contributed by atoms with Crippen molar-refractivity contribution in [1.82, 2.24) is 9.78 Å². The van der Waals surface area contributed by atoms with Gasteiger partial charge in [0.15, 0.2) is 0 Å². The van der Waals surface area contributed by atoms with E-state index in [-0.39, 0.29) is 18.0 Å². The van der Waals surface area contributed by atoms with Gasteiger partial charge in [0.2, 0.25) is 0 Å². The second kappa shape index (κ2) is 7.03. The lowest BCUT2D eigenvalue weighted by Crippen LogP contribution is -2.17. The molecule has 0 unspecified atom stereocenters. The van der Waals surface area contributed by atoms with E-state index >= 15 is 0 Å². The first-order chi connectivity index (χ1) is 11.9. The summed E-state index contributed by atoms with van der Waals surface area (Å²) in [7, 11) is 0. The van der Waals surface area contributed by atoms with Crippen molar-refractivity contribution >= 4 is 23.3 Å². The van der Waals surface area contributed by atoms with Crippen LogP contribution in [0.4, 0.5) is 14.6 Å². The van der Waals surface area contributed by atoms with E-state index in [1.54, 1.807) is 37.4 Å². The van der Waals surface area contributed by atoms with Gasteiger partial charge in [0.1, 0.15) is 17.5 Å². The lowest BCUT2D eigenvalue weighted by atomic mass is 10.2. The fraction of sp³-hybridized carbons (Fsp3) is 0.111. The molecule has 0 bridgehead atoms. The molecule has 3 aromatic rings. The second-order valence-corrected chi connectivity index (χ2v) is 5.97. The topological polar surface area (TPSA) is 46.9 Å². The monoisotopic (exact) mass is 361 g/mol. The predicted molar refractivity (Wildman–Crippen MR) is 91.8 cm³/mol. The quantitative estimate of drug-likeness (QED) is 0.747. The highest BCUT2D eigenvalue weighted by molar-refractivity contribution is 6.31. The summed E-state index contributed by atoms with van der Waals surface area (Å²) >= 11 is 5.90. The summed E-state index contributed by atoms with van der Waals surface area (Å²) in [5.41, 5.74) is 1.23. The maximum Gasteiger partial charge on any atom is 0.256 e. The number of rotatable bonds is 4. The van der Waals surface area contributed by atoms with Gasteiger partial charge in [-0.1, -0.05) is 17.7 Å². The maximum atomic E-state index is 13.9. The number of halogens is 3. The third-order valence-electron chi connectivity index (χ3n) is 3.67. The van der Waals surface area contributed by atoms with Gasteiger partial charge in [0.25, 0.3) is 5.91 Å². The zero-order valence-electron chi connectivity index (χ0n) is 13.3. The molecule has 1 amide bonds. The van der Waals surface area contributed by atoms with Gasteiger partial charge in [-0.2, -0.15) is 5.10 Å². The van der Waals surface area contributed by atoms with Crippen molar-refractivity contribution in [3.05, 3.63) is 82.0 Å². The van der Waals surface area contributed by atoms with E-state index in [0.29, 0.717) is 22.0 Å². The number of nitrogens with zero attached hydrogens (tertiary/aromatic N) is 2. The number of nitrogens with one attached hydrogen (secondary N) is 1. The third-order valence-corrected chi connectivity index (χ3v) is 3.90. The molecule has 0 fully saturated rings. The average Bonchev–Trinajstić information content (AvgIpc) is 2.91. The smallest absolute Gasteiger partial charge is 0.256 e. The van der Waals surface area contributed by atoms with Crippen LogP contribution in [-0.4, -0.2) is 15.7 Å². The van der Waals surface area contributed by atoms with Crippen LogP contribution in [-0.2, 0) is 6.54 Å². The number of benzene rings is 2. The molecule has 1 N–H and O–H groups in total.